The van der Waals surface area contributed by atoms with E-state index in [0.29, 0.717) is 6.42 Å². The maximum Gasteiger partial charge on any atom is 0.218 e. The minimum atomic E-state index is -0.408. The molecule has 3 N–H and O–H groups in total. The Morgan fingerprint density at radius 2 is 2.08 bits per heavy atom. The molecule has 0 unspecified atom stereocenters. The van der Waals surface area contributed by atoms with Crippen molar-refractivity contribution in [3.63, 3.8) is 0 Å². The van der Waals surface area contributed by atoms with E-state index in [1.807, 2.05) is 7.05 Å². The molecule has 0 aliphatic heterocycles. The third-order valence-electron chi connectivity index (χ3n) is 1.91. The largest absolute Gasteiger partial charge is 0.370 e. The summed E-state index contributed by atoms with van der Waals surface area (Å²) in [5, 5.41) is 2.96. The van der Waals surface area contributed by atoms with E-state index >= 15 is 0 Å². The van der Waals surface area contributed by atoms with Gasteiger partial charge in [0.1, 0.15) is 5.78 Å². The van der Waals surface area contributed by atoms with Crippen LogP contribution in [0.3, 0.4) is 0 Å². The van der Waals surface area contributed by atoms with Crippen molar-refractivity contribution in [2.45, 2.75) is 26.2 Å². The second-order valence-electron chi connectivity index (χ2n) is 3.24. The Morgan fingerprint density at radius 1 is 1.46 bits per heavy atom. The van der Waals surface area contributed by atoms with Gasteiger partial charge in [-0.3, -0.25) is 9.59 Å². The number of ketones is 1. The summed E-state index contributed by atoms with van der Waals surface area (Å²) < 4.78 is 0. The maximum atomic E-state index is 11.3. The summed E-state index contributed by atoms with van der Waals surface area (Å²) in [6, 6.07) is 0. The normalized spacial score (nSPS) is 12.5. The highest BCUT2D eigenvalue weighted by atomic mass is 16.1. The highest BCUT2D eigenvalue weighted by Gasteiger charge is 2.14. The van der Waals surface area contributed by atoms with Crippen molar-refractivity contribution < 1.29 is 9.59 Å². The predicted octanol–water partition coefficient (Wildman–Crippen LogP) is 0.0666. The molecule has 0 saturated heterocycles. The van der Waals surface area contributed by atoms with Crippen LogP contribution in [0, 0.1) is 5.92 Å². The van der Waals surface area contributed by atoms with Crippen LogP contribution in [0.15, 0.2) is 0 Å². The van der Waals surface area contributed by atoms with E-state index in [2.05, 4.69) is 5.32 Å². The molecular formula is C9H18N2O2. The van der Waals surface area contributed by atoms with E-state index < -0.39 is 5.91 Å². The SMILES string of the molecule is CNCCCC(=O)[C@H](C)CC(N)=O. The summed E-state index contributed by atoms with van der Waals surface area (Å²) in [7, 11) is 1.84. The molecule has 0 fully saturated rings. The van der Waals surface area contributed by atoms with Gasteiger partial charge in [0, 0.05) is 18.8 Å². The van der Waals surface area contributed by atoms with Gasteiger partial charge in [0.15, 0.2) is 0 Å². The summed E-state index contributed by atoms with van der Waals surface area (Å²) in [5.41, 5.74) is 4.98. The van der Waals surface area contributed by atoms with Gasteiger partial charge in [-0.25, -0.2) is 0 Å². The van der Waals surface area contributed by atoms with Crippen LogP contribution in [0.25, 0.3) is 0 Å². The Bertz CT molecular complexity index is 180. The zero-order valence-electron chi connectivity index (χ0n) is 8.30. The van der Waals surface area contributed by atoms with Gasteiger partial charge >= 0.3 is 0 Å². The van der Waals surface area contributed by atoms with Crippen LogP contribution in [-0.2, 0) is 9.59 Å². The predicted molar refractivity (Wildman–Crippen MR) is 51.1 cm³/mol. The van der Waals surface area contributed by atoms with E-state index in [1.165, 1.54) is 0 Å². The van der Waals surface area contributed by atoms with E-state index in [0.717, 1.165) is 13.0 Å². The van der Waals surface area contributed by atoms with Crippen LogP contribution in [-0.4, -0.2) is 25.3 Å². The molecule has 0 rings (SSSR count). The molecule has 4 nitrogen and oxygen atoms in total. The van der Waals surface area contributed by atoms with Crippen molar-refractivity contribution in [2.24, 2.45) is 11.7 Å². The average molecular weight is 186 g/mol. The Kier molecular flexibility index (Phi) is 6.14. The Balaban J connectivity index is 3.63. The number of carbonyl (C=O) groups is 2. The van der Waals surface area contributed by atoms with Crippen molar-refractivity contribution in [3.05, 3.63) is 0 Å². The van der Waals surface area contributed by atoms with Crippen LogP contribution < -0.4 is 11.1 Å². The van der Waals surface area contributed by atoms with Crippen LogP contribution >= 0.6 is 0 Å². The zero-order chi connectivity index (χ0) is 10.3. The van der Waals surface area contributed by atoms with Crippen LogP contribution in [0.1, 0.15) is 26.2 Å². The topological polar surface area (TPSA) is 72.2 Å². The molecular weight excluding hydrogens is 168 g/mol. The summed E-state index contributed by atoms with van der Waals surface area (Å²) in [6.45, 7) is 2.57. The van der Waals surface area contributed by atoms with Gasteiger partial charge in [-0.2, -0.15) is 0 Å². The van der Waals surface area contributed by atoms with Gasteiger partial charge < -0.3 is 11.1 Å². The monoisotopic (exact) mass is 186 g/mol. The highest BCUT2D eigenvalue weighted by molar-refractivity contribution is 5.86. The Labute approximate surface area is 78.9 Å². The molecule has 0 saturated carbocycles. The fourth-order valence-electron chi connectivity index (χ4n) is 1.10. The number of Topliss-reactive ketones (excluding diaryl/α,β-unsaturated/α-hetero) is 1. The molecule has 0 bridgehead atoms. The molecule has 0 radical (unpaired) electrons. The third-order valence-corrected chi connectivity index (χ3v) is 1.91. The lowest BCUT2D eigenvalue weighted by molar-refractivity contribution is -0.127. The summed E-state index contributed by atoms with van der Waals surface area (Å²) in [5.74, 6) is -0.516. The number of primary amides is 1. The number of rotatable bonds is 7. The first-order valence-corrected chi connectivity index (χ1v) is 4.53. The molecule has 0 aromatic heterocycles. The van der Waals surface area contributed by atoms with Crippen LogP contribution in [0.4, 0.5) is 0 Å². The highest BCUT2D eigenvalue weighted by Crippen LogP contribution is 2.06. The Morgan fingerprint density at radius 3 is 2.54 bits per heavy atom. The van der Waals surface area contributed by atoms with E-state index in [-0.39, 0.29) is 18.1 Å². The average Bonchev–Trinajstić information content (AvgIpc) is 2.03. The fraction of sp³-hybridized carbons (Fsp3) is 0.778. The standard InChI is InChI=1S/C9H18N2O2/c1-7(6-9(10)13)8(12)4-3-5-11-2/h7,11H,3-6H2,1-2H3,(H2,10,13)/t7-/m1/s1. The van der Waals surface area contributed by atoms with E-state index in [9.17, 15) is 9.59 Å². The van der Waals surface area contributed by atoms with E-state index in [4.69, 9.17) is 5.73 Å². The number of nitrogens with two attached hydrogens (primary N) is 1. The molecule has 1 amide bonds. The van der Waals surface area contributed by atoms with E-state index in [1.54, 1.807) is 6.92 Å². The number of amides is 1. The first kappa shape index (κ1) is 12.1. The van der Waals surface area contributed by atoms with Gasteiger partial charge in [-0.1, -0.05) is 6.92 Å². The third kappa shape index (κ3) is 6.28. The minimum absolute atomic E-state index is 0.119. The van der Waals surface area contributed by atoms with Gasteiger partial charge in [-0.15, -0.1) is 0 Å². The smallest absolute Gasteiger partial charge is 0.218 e. The number of hydrogen-bond acceptors (Lipinski definition) is 3. The van der Waals surface area contributed by atoms with Gasteiger partial charge in [-0.05, 0) is 20.0 Å². The van der Waals surface area contributed by atoms with Gasteiger partial charge in [0.05, 0.1) is 0 Å². The van der Waals surface area contributed by atoms with Crippen LogP contribution in [0.2, 0.25) is 0 Å². The molecule has 1 atom stereocenters. The zero-order valence-corrected chi connectivity index (χ0v) is 8.30. The summed E-state index contributed by atoms with van der Waals surface area (Å²) >= 11 is 0. The Hall–Kier alpha value is -0.900. The summed E-state index contributed by atoms with van der Waals surface area (Å²) in [6.07, 6.45) is 1.51. The molecule has 4 heteroatoms. The lowest BCUT2D eigenvalue weighted by Gasteiger charge is -2.07. The molecule has 0 aliphatic rings. The minimum Gasteiger partial charge on any atom is -0.370 e. The lowest BCUT2D eigenvalue weighted by Crippen LogP contribution is -2.21. The molecule has 0 aromatic rings. The van der Waals surface area contributed by atoms with Crippen molar-refractivity contribution >= 4 is 11.7 Å². The van der Waals surface area contributed by atoms with Gasteiger partial charge in [0.2, 0.25) is 5.91 Å². The summed E-state index contributed by atoms with van der Waals surface area (Å²) in [4.78, 5) is 21.8. The molecule has 0 aromatic carbocycles. The number of hydrogen-bond donors (Lipinski definition) is 2. The molecule has 0 spiro atoms. The van der Waals surface area contributed by atoms with Crippen molar-refractivity contribution in [2.75, 3.05) is 13.6 Å². The second kappa shape index (κ2) is 6.60. The number of nitrogens with one attached hydrogen (secondary N) is 1. The fourth-order valence-corrected chi connectivity index (χ4v) is 1.10. The first-order valence-electron chi connectivity index (χ1n) is 4.53. The quantitative estimate of drug-likeness (QED) is 0.552. The second-order valence-corrected chi connectivity index (χ2v) is 3.24. The lowest BCUT2D eigenvalue weighted by atomic mass is 9.99. The van der Waals surface area contributed by atoms with Crippen molar-refractivity contribution in [3.8, 4) is 0 Å². The molecule has 0 heterocycles. The van der Waals surface area contributed by atoms with Gasteiger partial charge in [0.25, 0.3) is 0 Å². The van der Waals surface area contributed by atoms with Crippen molar-refractivity contribution in [1.82, 2.24) is 5.32 Å². The van der Waals surface area contributed by atoms with Crippen molar-refractivity contribution in [1.29, 1.82) is 0 Å². The molecule has 0 aliphatic carbocycles. The maximum absolute atomic E-state index is 11.3. The van der Waals surface area contributed by atoms with Crippen LogP contribution in [0.5, 0.6) is 0 Å². The first-order chi connectivity index (χ1) is 6.07. The molecule has 13 heavy (non-hydrogen) atoms. The number of carbonyl (C=O) groups excluding carboxylic acids is 2. The molecule has 76 valence electrons.